The fraction of sp³-hybridized carbons (Fsp3) is 0.381. The molecule has 0 saturated carbocycles. The monoisotopic (exact) mass is 461 g/mol. The van der Waals surface area contributed by atoms with Gasteiger partial charge in [0, 0.05) is 5.69 Å². The first-order valence-corrected chi connectivity index (χ1v) is 11.3. The molecule has 0 spiro atoms. The van der Waals surface area contributed by atoms with Gasteiger partial charge in [0.1, 0.15) is 21.0 Å². The number of aryl methyl sites for hydroxylation is 2. The molecule has 0 aliphatic carbocycles. The molecule has 0 aliphatic rings. The highest BCUT2D eigenvalue weighted by atomic mass is 32.2. The second-order valence-corrected chi connectivity index (χ2v) is 8.40. The Hall–Kier alpha value is -2.90. The number of aromatic nitrogens is 1. The minimum Gasteiger partial charge on any atom is -0.462 e. The van der Waals surface area contributed by atoms with E-state index in [2.05, 4.69) is 16.4 Å². The average Bonchev–Trinajstić information content (AvgIpc) is 3.02. The first kappa shape index (κ1) is 24.4. The number of carbonyl (C=O) groups excluding carboxylic acids is 3. The van der Waals surface area contributed by atoms with Crippen molar-refractivity contribution in [2.45, 2.75) is 39.6 Å². The lowest BCUT2D eigenvalue weighted by Gasteiger charge is -2.09. The summed E-state index contributed by atoms with van der Waals surface area (Å²) in [4.78, 5) is 41.8. The zero-order chi connectivity index (χ0) is 23.1. The van der Waals surface area contributed by atoms with Crippen molar-refractivity contribution in [3.05, 3.63) is 38.9 Å². The molecule has 2 aromatic rings. The molecule has 10 heteroatoms. The molecular weight excluding hydrogens is 438 g/mol. The first-order chi connectivity index (χ1) is 14.7. The van der Waals surface area contributed by atoms with Gasteiger partial charge in [-0.25, -0.2) is 14.6 Å². The van der Waals surface area contributed by atoms with Crippen molar-refractivity contribution in [3.63, 3.8) is 0 Å². The van der Waals surface area contributed by atoms with Crippen LogP contribution in [0.1, 0.15) is 56.3 Å². The van der Waals surface area contributed by atoms with Gasteiger partial charge in [0.25, 0.3) is 0 Å². The van der Waals surface area contributed by atoms with E-state index in [4.69, 9.17) is 9.47 Å². The Kier molecular flexibility index (Phi) is 8.59. The molecule has 2 heterocycles. The Morgan fingerprint density at radius 3 is 2.42 bits per heavy atom. The lowest BCUT2D eigenvalue weighted by atomic mass is 10.1. The Labute approximate surface area is 189 Å². The first-order valence-electron chi connectivity index (χ1n) is 9.51. The Morgan fingerprint density at radius 1 is 1.16 bits per heavy atom. The number of nitrogens with one attached hydrogen (secondary N) is 1. The van der Waals surface area contributed by atoms with E-state index >= 15 is 0 Å². The van der Waals surface area contributed by atoms with E-state index in [1.54, 1.807) is 26.8 Å². The fourth-order valence-corrected chi connectivity index (χ4v) is 4.79. The van der Waals surface area contributed by atoms with Crippen molar-refractivity contribution in [1.82, 2.24) is 4.98 Å². The quantitative estimate of drug-likeness (QED) is 0.462. The van der Waals surface area contributed by atoms with Crippen LogP contribution in [0.25, 0.3) is 0 Å². The molecular formula is C21H23N3O5S2. The third-order valence-electron chi connectivity index (χ3n) is 4.10. The van der Waals surface area contributed by atoms with Crippen LogP contribution >= 0.6 is 23.1 Å². The smallest absolute Gasteiger partial charge is 0.348 e. The standard InChI is InChI=1S/C21H23N3O5S2/c1-6-28-20(26)16-13(5)17(21(27)29-7-2)31-19(16)24-15(25)10-30-18-14(9-22)11(3)8-12(4)23-18/h8H,6-7,10H2,1-5H3,(H,24,25). The van der Waals surface area contributed by atoms with Gasteiger partial charge in [-0.1, -0.05) is 11.8 Å². The SMILES string of the molecule is CCOC(=O)c1sc(NC(=O)CSc2nc(C)cc(C)c2C#N)c(C(=O)OCC)c1C. The summed E-state index contributed by atoms with van der Waals surface area (Å²) < 4.78 is 10.1. The number of thiophene rings is 1. The molecule has 2 rings (SSSR count). The number of rotatable bonds is 8. The molecule has 0 bridgehead atoms. The van der Waals surface area contributed by atoms with Crippen LogP contribution in [0.5, 0.6) is 0 Å². The van der Waals surface area contributed by atoms with Crippen LogP contribution in [-0.2, 0) is 14.3 Å². The number of hydrogen-bond acceptors (Lipinski definition) is 9. The van der Waals surface area contributed by atoms with Gasteiger partial charge in [0.05, 0.1) is 30.1 Å². The van der Waals surface area contributed by atoms with Crippen LogP contribution in [0.4, 0.5) is 5.00 Å². The van der Waals surface area contributed by atoms with Crippen molar-refractivity contribution in [2.75, 3.05) is 24.3 Å². The van der Waals surface area contributed by atoms with Gasteiger partial charge >= 0.3 is 11.9 Å². The largest absolute Gasteiger partial charge is 0.462 e. The lowest BCUT2D eigenvalue weighted by Crippen LogP contribution is -2.16. The molecule has 0 aliphatic heterocycles. The molecule has 0 unspecified atom stereocenters. The van der Waals surface area contributed by atoms with Crippen molar-refractivity contribution in [1.29, 1.82) is 5.26 Å². The molecule has 1 N–H and O–H groups in total. The number of esters is 2. The van der Waals surface area contributed by atoms with Gasteiger partial charge in [0.15, 0.2) is 0 Å². The van der Waals surface area contributed by atoms with E-state index < -0.39 is 17.8 Å². The summed E-state index contributed by atoms with van der Waals surface area (Å²) in [5.41, 5.74) is 2.49. The fourth-order valence-electron chi connectivity index (χ4n) is 2.78. The molecule has 164 valence electrons. The normalized spacial score (nSPS) is 10.3. The number of hydrogen-bond donors (Lipinski definition) is 1. The van der Waals surface area contributed by atoms with Crippen LogP contribution < -0.4 is 5.32 Å². The zero-order valence-electron chi connectivity index (χ0n) is 18.0. The maximum atomic E-state index is 12.6. The third-order valence-corrected chi connectivity index (χ3v) is 6.27. The molecule has 0 saturated heterocycles. The summed E-state index contributed by atoms with van der Waals surface area (Å²) >= 11 is 2.09. The van der Waals surface area contributed by atoms with E-state index in [-0.39, 0.29) is 34.4 Å². The molecule has 31 heavy (non-hydrogen) atoms. The van der Waals surface area contributed by atoms with Crippen molar-refractivity contribution in [2.24, 2.45) is 0 Å². The molecule has 0 atom stereocenters. The highest BCUT2D eigenvalue weighted by molar-refractivity contribution is 8.00. The molecule has 1 amide bonds. The molecule has 0 fully saturated rings. The molecule has 0 aromatic carbocycles. The number of ether oxygens (including phenoxy) is 2. The molecule has 8 nitrogen and oxygen atoms in total. The maximum absolute atomic E-state index is 12.6. The summed E-state index contributed by atoms with van der Waals surface area (Å²) in [7, 11) is 0. The summed E-state index contributed by atoms with van der Waals surface area (Å²) in [6, 6.07) is 3.92. The van der Waals surface area contributed by atoms with E-state index in [0.717, 1.165) is 34.4 Å². The highest BCUT2D eigenvalue weighted by Gasteiger charge is 2.27. The third kappa shape index (κ3) is 5.83. The Morgan fingerprint density at radius 2 is 1.81 bits per heavy atom. The van der Waals surface area contributed by atoms with Gasteiger partial charge < -0.3 is 14.8 Å². The van der Waals surface area contributed by atoms with Gasteiger partial charge in [-0.15, -0.1) is 11.3 Å². The number of nitrogens with zero attached hydrogens (tertiary/aromatic N) is 2. The predicted molar refractivity (Wildman–Crippen MR) is 119 cm³/mol. The van der Waals surface area contributed by atoms with E-state index in [1.165, 1.54) is 0 Å². The summed E-state index contributed by atoms with van der Waals surface area (Å²) in [6.07, 6.45) is 0. The van der Waals surface area contributed by atoms with Crippen LogP contribution in [0.3, 0.4) is 0 Å². The predicted octanol–water partition coefficient (Wildman–Crippen LogP) is 4.02. The van der Waals surface area contributed by atoms with E-state index in [0.29, 0.717) is 16.2 Å². The summed E-state index contributed by atoms with van der Waals surface area (Å²) in [5, 5.41) is 12.7. The van der Waals surface area contributed by atoms with Crippen LogP contribution in [0, 0.1) is 32.1 Å². The Balaban J connectivity index is 2.26. The number of carbonyl (C=O) groups is 3. The maximum Gasteiger partial charge on any atom is 0.348 e. The molecule has 0 radical (unpaired) electrons. The topological polar surface area (TPSA) is 118 Å². The van der Waals surface area contributed by atoms with Gasteiger partial charge in [-0.3, -0.25) is 4.79 Å². The van der Waals surface area contributed by atoms with Gasteiger partial charge in [-0.05, 0) is 51.8 Å². The highest BCUT2D eigenvalue weighted by Crippen LogP contribution is 2.34. The van der Waals surface area contributed by atoms with Gasteiger partial charge in [-0.2, -0.15) is 5.26 Å². The lowest BCUT2D eigenvalue weighted by molar-refractivity contribution is -0.113. The second kappa shape index (κ2) is 10.9. The van der Waals surface area contributed by atoms with Crippen LogP contribution in [-0.4, -0.2) is 41.8 Å². The van der Waals surface area contributed by atoms with E-state index in [1.807, 2.05) is 13.8 Å². The molecule has 2 aromatic heterocycles. The van der Waals surface area contributed by atoms with Crippen molar-refractivity contribution in [3.8, 4) is 6.07 Å². The minimum absolute atomic E-state index is 0.0292. The number of amides is 1. The number of pyridine rings is 1. The summed E-state index contributed by atoms with van der Waals surface area (Å²) in [5.74, 6) is -1.63. The van der Waals surface area contributed by atoms with Gasteiger partial charge in [0.2, 0.25) is 5.91 Å². The number of anilines is 1. The van der Waals surface area contributed by atoms with Crippen LogP contribution in [0.15, 0.2) is 11.1 Å². The minimum atomic E-state index is -0.627. The average molecular weight is 462 g/mol. The van der Waals surface area contributed by atoms with Crippen molar-refractivity contribution < 1.29 is 23.9 Å². The zero-order valence-corrected chi connectivity index (χ0v) is 19.6. The summed E-state index contributed by atoms with van der Waals surface area (Å²) in [6.45, 7) is 8.93. The van der Waals surface area contributed by atoms with E-state index in [9.17, 15) is 19.6 Å². The van der Waals surface area contributed by atoms with Crippen LogP contribution in [0.2, 0.25) is 0 Å². The second-order valence-electron chi connectivity index (χ2n) is 6.41. The van der Waals surface area contributed by atoms with Crippen molar-refractivity contribution >= 4 is 45.9 Å². The number of thioether (sulfide) groups is 1. The Bertz CT molecular complexity index is 1060. The number of nitriles is 1.